The summed E-state index contributed by atoms with van der Waals surface area (Å²) in [6, 6.07) is 11.4. The van der Waals surface area contributed by atoms with Crippen molar-refractivity contribution in [2.45, 2.75) is 40.7 Å². The molecule has 0 amide bonds. The number of piperazine rings is 1. The Labute approximate surface area is 214 Å². The average Bonchev–Trinajstić information content (AvgIpc) is 3.23. The summed E-state index contributed by atoms with van der Waals surface area (Å²) in [7, 11) is 2.18. The van der Waals surface area contributed by atoms with Gasteiger partial charge in [-0.25, -0.2) is 9.97 Å². The maximum absolute atomic E-state index is 4.90. The van der Waals surface area contributed by atoms with Crippen LogP contribution in [0.3, 0.4) is 0 Å². The van der Waals surface area contributed by atoms with Crippen molar-refractivity contribution in [1.82, 2.24) is 19.4 Å². The summed E-state index contributed by atoms with van der Waals surface area (Å²) >= 11 is 0. The van der Waals surface area contributed by atoms with E-state index in [1.165, 1.54) is 50.1 Å². The largest absolute Gasteiger partial charge is 0.366 e. The van der Waals surface area contributed by atoms with Crippen LogP contribution in [0.1, 0.15) is 29.3 Å². The number of hydrogen-bond acceptors (Lipinski definition) is 5. The minimum atomic E-state index is 0.799. The van der Waals surface area contributed by atoms with E-state index in [-0.39, 0.29) is 0 Å². The predicted molar refractivity (Wildman–Crippen MR) is 150 cm³/mol. The Morgan fingerprint density at radius 3 is 2.22 bits per heavy atom. The first-order valence-electron chi connectivity index (χ1n) is 13.2. The molecule has 36 heavy (non-hydrogen) atoms. The minimum absolute atomic E-state index is 0.799. The van der Waals surface area contributed by atoms with Gasteiger partial charge in [0, 0.05) is 50.3 Å². The lowest BCUT2D eigenvalue weighted by atomic mass is 9.89. The van der Waals surface area contributed by atoms with E-state index in [0.717, 1.165) is 57.3 Å². The summed E-state index contributed by atoms with van der Waals surface area (Å²) in [5, 5.41) is 1.34. The van der Waals surface area contributed by atoms with Crippen LogP contribution in [0.5, 0.6) is 0 Å². The molecule has 1 fully saturated rings. The second-order valence-electron chi connectivity index (χ2n) is 10.4. The zero-order valence-electron chi connectivity index (χ0n) is 22.2. The van der Waals surface area contributed by atoms with Gasteiger partial charge in [0.05, 0.1) is 29.3 Å². The summed E-state index contributed by atoms with van der Waals surface area (Å²) in [4.78, 5) is 16.9. The molecule has 0 spiro atoms. The van der Waals surface area contributed by atoms with Gasteiger partial charge in [-0.3, -0.25) is 0 Å². The molecule has 6 rings (SSSR count). The Hall–Kier alpha value is -3.38. The third-order valence-corrected chi connectivity index (χ3v) is 8.15. The highest BCUT2D eigenvalue weighted by Gasteiger charge is 2.29. The van der Waals surface area contributed by atoms with Gasteiger partial charge in [0.15, 0.2) is 0 Å². The number of hydrogen-bond donors (Lipinski definition) is 0. The molecule has 4 aromatic rings. The van der Waals surface area contributed by atoms with Crippen LogP contribution >= 0.6 is 0 Å². The fraction of sp³-hybridized carbons (Fsp3) is 0.400. The molecule has 2 aliphatic rings. The molecule has 0 atom stereocenters. The van der Waals surface area contributed by atoms with Crippen molar-refractivity contribution in [2.75, 3.05) is 49.6 Å². The van der Waals surface area contributed by atoms with Crippen molar-refractivity contribution < 1.29 is 0 Å². The molecule has 0 unspecified atom stereocenters. The third kappa shape index (κ3) is 3.66. The van der Waals surface area contributed by atoms with Crippen molar-refractivity contribution in [3.8, 4) is 11.1 Å². The van der Waals surface area contributed by atoms with Crippen molar-refractivity contribution in [3.63, 3.8) is 0 Å². The normalized spacial score (nSPS) is 16.2. The topological polar surface area (TPSA) is 40.4 Å². The van der Waals surface area contributed by atoms with E-state index < -0.39 is 0 Å². The molecular weight excluding hydrogens is 444 g/mol. The first kappa shape index (κ1) is 23.0. The number of benzene rings is 2. The summed E-state index contributed by atoms with van der Waals surface area (Å²) in [5.74, 6) is 0.799. The third-order valence-electron chi connectivity index (χ3n) is 8.15. The van der Waals surface area contributed by atoms with E-state index in [0.29, 0.717) is 0 Å². The van der Waals surface area contributed by atoms with E-state index in [1.54, 1.807) is 0 Å². The zero-order chi connectivity index (χ0) is 25.0. The van der Waals surface area contributed by atoms with Gasteiger partial charge in [-0.1, -0.05) is 36.8 Å². The second kappa shape index (κ2) is 8.93. The first-order valence-corrected chi connectivity index (χ1v) is 13.2. The molecule has 186 valence electrons. The highest BCUT2D eigenvalue weighted by Crippen LogP contribution is 2.46. The highest BCUT2D eigenvalue weighted by molar-refractivity contribution is 6.07. The van der Waals surface area contributed by atoms with E-state index in [1.807, 2.05) is 12.4 Å². The zero-order valence-corrected chi connectivity index (χ0v) is 22.2. The van der Waals surface area contributed by atoms with Gasteiger partial charge in [-0.15, -0.1) is 0 Å². The molecule has 2 aromatic heterocycles. The van der Waals surface area contributed by atoms with Crippen LogP contribution in [-0.4, -0.2) is 59.2 Å². The molecule has 2 aromatic carbocycles. The summed E-state index contributed by atoms with van der Waals surface area (Å²) < 4.78 is 2.49. The van der Waals surface area contributed by atoms with Crippen LogP contribution in [0, 0.1) is 20.8 Å². The molecule has 0 aliphatic carbocycles. The summed E-state index contributed by atoms with van der Waals surface area (Å²) in [5.41, 5.74) is 11.7. The molecule has 6 nitrogen and oxygen atoms in total. The monoisotopic (exact) mass is 480 g/mol. The van der Waals surface area contributed by atoms with Gasteiger partial charge in [0.1, 0.15) is 0 Å². The molecule has 0 bridgehead atoms. The first-order chi connectivity index (χ1) is 17.5. The molecule has 1 saturated heterocycles. The summed E-state index contributed by atoms with van der Waals surface area (Å²) in [6.07, 6.45) is 5.01. The number of anilines is 3. The van der Waals surface area contributed by atoms with Crippen LogP contribution in [-0.2, 0) is 13.0 Å². The van der Waals surface area contributed by atoms with Crippen molar-refractivity contribution in [3.05, 3.63) is 65.1 Å². The Balaban J connectivity index is 1.47. The van der Waals surface area contributed by atoms with E-state index in [9.17, 15) is 0 Å². The predicted octanol–water partition coefficient (Wildman–Crippen LogP) is 5.49. The van der Waals surface area contributed by atoms with Crippen molar-refractivity contribution >= 4 is 28.2 Å². The maximum Gasteiger partial charge on any atom is 0.230 e. The smallest absolute Gasteiger partial charge is 0.230 e. The maximum atomic E-state index is 4.90. The van der Waals surface area contributed by atoms with E-state index >= 15 is 0 Å². The molecule has 0 saturated carbocycles. The SMILES string of the molecule is CCc1c(C)c2c3c(cc(C)n3CCN2c2ncc(N3CCN(C)CC3)cn2)c1-c1ccc(C)cc1. The van der Waals surface area contributed by atoms with E-state index in [2.05, 4.69) is 84.3 Å². The Morgan fingerprint density at radius 1 is 0.861 bits per heavy atom. The molecule has 0 N–H and O–H groups in total. The van der Waals surface area contributed by atoms with Gasteiger partial charge in [-0.05, 0) is 62.6 Å². The van der Waals surface area contributed by atoms with Gasteiger partial charge in [0.25, 0.3) is 0 Å². The van der Waals surface area contributed by atoms with Crippen molar-refractivity contribution in [1.29, 1.82) is 0 Å². The quantitative estimate of drug-likeness (QED) is 0.386. The number of rotatable bonds is 4. The average molecular weight is 481 g/mol. The molecule has 0 radical (unpaired) electrons. The van der Waals surface area contributed by atoms with Gasteiger partial charge >= 0.3 is 0 Å². The minimum Gasteiger partial charge on any atom is -0.366 e. The number of aryl methyl sites for hydroxylation is 2. The molecule has 2 aliphatic heterocycles. The standard InChI is InChI=1S/C30H36N6/c1-6-25-22(4)28-29-26(27(25)23-9-7-20(2)8-10-23)17-21(3)35(29)15-16-36(28)30-31-18-24(19-32-30)34-13-11-33(5)12-14-34/h7-10,17-19H,6,11-16H2,1-5H3. The lowest BCUT2D eigenvalue weighted by Gasteiger charge is -2.34. The lowest BCUT2D eigenvalue weighted by molar-refractivity contribution is 0.312. The Kier molecular flexibility index (Phi) is 5.72. The fourth-order valence-corrected chi connectivity index (χ4v) is 6.10. The lowest BCUT2D eigenvalue weighted by Crippen LogP contribution is -2.44. The summed E-state index contributed by atoms with van der Waals surface area (Å²) in [6.45, 7) is 15.0. The number of aromatic nitrogens is 3. The van der Waals surface area contributed by atoms with Gasteiger partial charge in [-0.2, -0.15) is 0 Å². The van der Waals surface area contributed by atoms with E-state index in [4.69, 9.17) is 9.97 Å². The molecular formula is C30H36N6. The number of nitrogens with zero attached hydrogens (tertiary/aromatic N) is 6. The fourth-order valence-electron chi connectivity index (χ4n) is 6.10. The van der Waals surface area contributed by atoms with Crippen LogP contribution in [0.4, 0.5) is 17.3 Å². The van der Waals surface area contributed by atoms with Gasteiger partial charge < -0.3 is 19.3 Å². The van der Waals surface area contributed by atoms with Gasteiger partial charge in [0.2, 0.25) is 5.95 Å². The number of likely N-dealkylation sites (N-methyl/N-ethyl adjacent to an activating group) is 1. The highest BCUT2D eigenvalue weighted by atomic mass is 15.3. The van der Waals surface area contributed by atoms with Crippen LogP contribution in [0.25, 0.3) is 22.0 Å². The second-order valence-corrected chi connectivity index (χ2v) is 10.4. The van der Waals surface area contributed by atoms with Crippen molar-refractivity contribution in [2.24, 2.45) is 0 Å². The Morgan fingerprint density at radius 2 is 1.56 bits per heavy atom. The van der Waals surface area contributed by atoms with Crippen LogP contribution in [0.15, 0.2) is 42.7 Å². The molecule has 4 heterocycles. The Bertz CT molecular complexity index is 1410. The van der Waals surface area contributed by atoms with Crippen LogP contribution in [0.2, 0.25) is 0 Å². The molecule has 6 heteroatoms. The van der Waals surface area contributed by atoms with Crippen LogP contribution < -0.4 is 9.80 Å².